The van der Waals surface area contributed by atoms with Crippen LogP contribution in [0.5, 0.6) is 0 Å². The highest BCUT2D eigenvalue weighted by atomic mass is 16.6. The summed E-state index contributed by atoms with van der Waals surface area (Å²) < 4.78 is 6.03. The van der Waals surface area contributed by atoms with E-state index in [0.29, 0.717) is 18.6 Å². The maximum absolute atomic E-state index is 12.4. The first-order chi connectivity index (χ1) is 14.3. The molecule has 6 aliphatic rings. The number of rotatable bonds is 3. The quantitative estimate of drug-likeness (QED) is 0.276. The van der Waals surface area contributed by atoms with Crippen LogP contribution in [0.3, 0.4) is 0 Å². The lowest BCUT2D eigenvalue weighted by atomic mass is 9.52. The number of carbonyl (C=O) groups is 3. The lowest BCUT2D eigenvalue weighted by molar-refractivity contribution is -0.419. The van der Waals surface area contributed by atoms with Crippen LogP contribution in [0.2, 0.25) is 0 Å². The van der Waals surface area contributed by atoms with Crippen LogP contribution in [0.25, 0.3) is 0 Å². The van der Waals surface area contributed by atoms with Crippen LogP contribution in [0, 0.1) is 33.3 Å². The number of aliphatic carboxylic acids is 1. The van der Waals surface area contributed by atoms with E-state index in [-0.39, 0.29) is 42.0 Å². The van der Waals surface area contributed by atoms with Gasteiger partial charge in [-0.15, -0.1) is 0 Å². The fourth-order valence-corrected chi connectivity index (χ4v) is 7.43. The minimum Gasteiger partial charge on any atom is -0.481 e. The molecule has 1 spiro atoms. The van der Waals surface area contributed by atoms with Gasteiger partial charge in [-0.05, 0) is 42.9 Å². The van der Waals surface area contributed by atoms with Gasteiger partial charge >= 0.3 is 17.4 Å². The number of hydrogen-bond donors (Lipinski definition) is 2. The number of carbonyl (C=O) groups excluding carboxylic acids is 2. The van der Waals surface area contributed by atoms with Crippen LogP contribution in [0.15, 0.2) is 23.0 Å². The van der Waals surface area contributed by atoms with Gasteiger partial charge in [0.2, 0.25) is 5.78 Å². The van der Waals surface area contributed by atoms with Crippen molar-refractivity contribution in [2.24, 2.45) is 23.2 Å². The van der Waals surface area contributed by atoms with Gasteiger partial charge in [0.05, 0.1) is 24.1 Å². The zero-order chi connectivity index (χ0) is 20.9. The van der Waals surface area contributed by atoms with Crippen molar-refractivity contribution in [2.45, 2.75) is 37.5 Å². The number of nitrogens with zero attached hydrogens (tertiary/aromatic N) is 2. The average molecular weight is 415 g/mol. The zero-order valence-electron chi connectivity index (χ0n) is 16.1. The third-order valence-corrected chi connectivity index (χ3v) is 8.39. The maximum atomic E-state index is 12.4. The van der Waals surface area contributed by atoms with E-state index in [9.17, 15) is 29.6 Å². The monoisotopic (exact) mass is 415 g/mol. The molecule has 0 aromatic rings. The molecule has 10 heteroatoms. The van der Waals surface area contributed by atoms with Gasteiger partial charge < -0.3 is 15.2 Å². The van der Waals surface area contributed by atoms with E-state index >= 15 is 0 Å². The van der Waals surface area contributed by atoms with E-state index in [0.717, 1.165) is 19.5 Å². The molecular formula is C20H21N3O7. The number of nitro groups is 1. The molecule has 4 saturated heterocycles. The Hall–Kier alpha value is -2.59. The largest absolute Gasteiger partial charge is 0.481 e. The van der Waals surface area contributed by atoms with Gasteiger partial charge in [0, 0.05) is 30.0 Å². The molecule has 0 aromatic carbocycles. The number of nitrogens with one attached hydrogen (secondary N) is 1. The van der Waals surface area contributed by atoms with Gasteiger partial charge in [0.25, 0.3) is 0 Å². The van der Waals surface area contributed by atoms with Crippen molar-refractivity contribution in [1.82, 2.24) is 10.2 Å². The molecule has 10 nitrogen and oxygen atoms in total. The summed E-state index contributed by atoms with van der Waals surface area (Å²) in [7, 11) is 0. The standard InChI is InChI=1S/C20H21N3O7/c24-11-4-10-16(17(18(11)27)23(28)29)21-19-15-9-3-13-20(10,19)1-2-22(13)6-8(9)7-30-12(15)5-14(25)26/h4,8-9,12-13,15,19,21H,1-3,5-7H2,(H,25,26). The summed E-state index contributed by atoms with van der Waals surface area (Å²) in [5.41, 5.74) is -0.512. The number of fused-ring (bicyclic) bond motifs is 2. The van der Waals surface area contributed by atoms with Gasteiger partial charge in [0.1, 0.15) is 5.70 Å². The number of hydrogen-bond acceptors (Lipinski definition) is 8. The zero-order valence-corrected chi connectivity index (χ0v) is 16.1. The Bertz CT molecular complexity index is 987. The van der Waals surface area contributed by atoms with Gasteiger partial charge in [-0.1, -0.05) is 0 Å². The van der Waals surface area contributed by atoms with Crippen molar-refractivity contribution in [2.75, 3.05) is 19.7 Å². The molecule has 0 radical (unpaired) electrons. The summed E-state index contributed by atoms with van der Waals surface area (Å²) in [6, 6.07) is -0.178. The number of piperidine rings is 1. The summed E-state index contributed by atoms with van der Waals surface area (Å²) >= 11 is 0. The summed E-state index contributed by atoms with van der Waals surface area (Å²) in [5.74, 6) is -2.50. The Morgan fingerprint density at radius 2 is 2.23 bits per heavy atom. The molecule has 0 aromatic heterocycles. The molecule has 4 heterocycles. The fraction of sp³-hybridized carbons (Fsp3) is 0.650. The Morgan fingerprint density at radius 1 is 1.43 bits per heavy atom. The SMILES string of the molecule is O=C(O)CC1OCC2CN3CCC45C6=CC(=O)C(=O)C([N+](=O)[O-])=C6NC4C1C2CC35. The number of Topliss-reactive ketones (excluding diaryl/α,β-unsaturated/α-hetero) is 1. The number of allylic oxidation sites excluding steroid dienone is 3. The van der Waals surface area contributed by atoms with E-state index < -0.39 is 39.7 Å². The molecule has 30 heavy (non-hydrogen) atoms. The van der Waals surface area contributed by atoms with Gasteiger partial charge in [0.15, 0.2) is 0 Å². The van der Waals surface area contributed by atoms with Crippen LogP contribution in [0.1, 0.15) is 19.3 Å². The third-order valence-electron chi connectivity index (χ3n) is 8.39. The molecule has 4 aliphatic heterocycles. The molecule has 2 aliphatic carbocycles. The van der Waals surface area contributed by atoms with E-state index in [1.807, 2.05) is 0 Å². The Kier molecular flexibility index (Phi) is 3.49. The Morgan fingerprint density at radius 3 is 2.97 bits per heavy atom. The predicted molar refractivity (Wildman–Crippen MR) is 98.5 cm³/mol. The van der Waals surface area contributed by atoms with Crippen LogP contribution < -0.4 is 5.32 Å². The molecule has 2 N–H and O–H groups in total. The van der Waals surface area contributed by atoms with Gasteiger partial charge in [-0.3, -0.25) is 29.4 Å². The summed E-state index contributed by atoms with van der Waals surface area (Å²) in [4.78, 5) is 49.6. The number of ketones is 2. The normalized spacial score (nSPS) is 43.7. The molecule has 2 bridgehead atoms. The summed E-state index contributed by atoms with van der Waals surface area (Å²) in [5, 5.41) is 24.4. The van der Waals surface area contributed by atoms with Gasteiger partial charge in [-0.25, -0.2) is 0 Å². The smallest absolute Gasteiger partial charge is 0.343 e. The van der Waals surface area contributed by atoms with E-state index in [1.54, 1.807) is 0 Å². The second kappa shape index (κ2) is 5.76. The topological polar surface area (TPSA) is 139 Å². The first kappa shape index (κ1) is 18.2. The van der Waals surface area contributed by atoms with Crippen LogP contribution in [-0.4, -0.2) is 70.3 Å². The number of carboxylic acids is 1. The van der Waals surface area contributed by atoms with Crippen LogP contribution >= 0.6 is 0 Å². The van der Waals surface area contributed by atoms with E-state index in [2.05, 4.69) is 10.2 Å². The minimum absolute atomic E-state index is 0.119. The van der Waals surface area contributed by atoms with Crippen molar-refractivity contribution in [3.8, 4) is 0 Å². The predicted octanol–water partition coefficient (Wildman–Crippen LogP) is -0.275. The number of carboxylic acid groups (broad SMARTS) is 1. The highest BCUT2D eigenvalue weighted by Gasteiger charge is 2.70. The Labute approximate surface area is 171 Å². The van der Waals surface area contributed by atoms with Crippen LogP contribution in [-0.2, 0) is 19.1 Å². The first-order valence-corrected chi connectivity index (χ1v) is 10.4. The van der Waals surface area contributed by atoms with E-state index in [1.165, 1.54) is 6.08 Å². The summed E-state index contributed by atoms with van der Waals surface area (Å²) in [6.07, 6.45) is 2.23. The van der Waals surface area contributed by atoms with Crippen LogP contribution in [0.4, 0.5) is 0 Å². The fourth-order valence-electron chi connectivity index (χ4n) is 7.43. The van der Waals surface area contributed by atoms with Crippen molar-refractivity contribution in [3.63, 3.8) is 0 Å². The average Bonchev–Trinajstić information content (AvgIpc) is 3.22. The third kappa shape index (κ3) is 2.03. The minimum atomic E-state index is -1.10. The molecule has 1 saturated carbocycles. The lowest BCUT2D eigenvalue weighted by Gasteiger charge is -2.60. The second-order valence-corrected chi connectivity index (χ2v) is 9.36. The van der Waals surface area contributed by atoms with Gasteiger partial charge in [-0.2, -0.15) is 0 Å². The first-order valence-electron chi connectivity index (χ1n) is 10.4. The van der Waals surface area contributed by atoms with Crippen molar-refractivity contribution in [3.05, 3.63) is 33.2 Å². The lowest BCUT2D eigenvalue weighted by Crippen LogP contribution is -2.67. The molecule has 0 amide bonds. The summed E-state index contributed by atoms with van der Waals surface area (Å²) in [6.45, 7) is 2.18. The van der Waals surface area contributed by atoms with Crippen molar-refractivity contribution < 1.29 is 29.2 Å². The highest BCUT2D eigenvalue weighted by molar-refractivity contribution is 6.48. The molecule has 158 valence electrons. The van der Waals surface area contributed by atoms with Crippen molar-refractivity contribution >= 4 is 17.5 Å². The number of ether oxygens (including phenoxy) is 1. The molecule has 5 fully saturated rings. The molecule has 7 atom stereocenters. The molecule has 7 unspecified atom stereocenters. The Balaban J connectivity index is 1.55. The highest BCUT2D eigenvalue weighted by Crippen LogP contribution is 2.64. The molecular weight excluding hydrogens is 394 g/mol. The van der Waals surface area contributed by atoms with Crippen molar-refractivity contribution in [1.29, 1.82) is 0 Å². The van der Waals surface area contributed by atoms with E-state index in [4.69, 9.17) is 4.74 Å². The maximum Gasteiger partial charge on any atom is 0.343 e. The second-order valence-electron chi connectivity index (χ2n) is 9.36. The molecule has 6 rings (SSSR count).